The molecule has 0 aliphatic rings. The normalized spacial score (nSPS) is 10.4. The Morgan fingerprint density at radius 2 is 2.00 bits per heavy atom. The first-order valence-corrected chi connectivity index (χ1v) is 5.95. The van der Waals surface area contributed by atoms with Crippen molar-refractivity contribution in [3.05, 3.63) is 29.8 Å². The largest absolute Gasteiger partial charge is 0.496 e. The summed E-state index contributed by atoms with van der Waals surface area (Å²) < 4.78 is 10.3. The molecular weight excluding hydrogens is 216 g/mol. The summed E-state index contributed by atoms with van der Waals surface area (Å²) >= 11 is 0. The Morgan fingerprint density at radius 3 is 2.65 bits per heavy atom. The average molecular weight is 236 g/mol. The predicted molar refractivity (Wildman–Crippen MR) is 67.3 cm³/mol. The van der Waals surface area contributed by atoms with Gasteiger partial charge in [0.25, 0.3) is 0 Å². The molecule has 0 aliphatic heterocycles. The van der Waals surface area contributed by atoms with E-state index in [1.165, 1.54) is 0 Å². The summed E-state index contributed by atoms with van der Waals surface area (Å²) in [5.41, 5.74) is 0.486. The summed E-state index contributed by atoms with van der Waals surface area (Å²) in [6.45, 7) is 4.78. The van der Waals surface area contributed by atoms with Gasteiger partial charge in [0.15, 0.2) is 0 Å². The third kappa shape index (κ3) is 4.47. The molecule has 1 aromatic carbocycles. The molecule has 0 aromatic heterocycles. The number of carbonyl (C=O) groups excluding carboxylic acids is 1. The molecule has 0 unspecified atom stereocenters. The minimum absolute atomic E-state index is 0.314. The monoisotopic (exact) mass is 236 g/mol. The quantitative estimate of drug-likeness (QED) is 0.561. The molecule has 0 aliphatic carbocycles. The van der Waals surface area contributed by atoms with Crippen molar-refractivity contribution < 1.29 is 14.3 Å². The second-order valence-electron chi connectivity index (χ2n) is 4.37. The number of esters is 1. The summed E-state index contributed by atoms with van der Waals surface area (Å²) in [5, 5.41) is 0. The lowest BCUT2D eigenvalue weighted by Crippen LogP contribution is -2.08. The van der Waals surface area contributed by atoms with Crippen LogP contribution in [0.1, 0.15) is 37.0 Å². The van der Waals surface area contributed by atoms with Crippen LogP contribution in [0.15, 0.2) is 24.3 Å². The van der Waals surface area contributed by atoms with Gasteiger partial charge in [0.1, 0.15) is 11.3 Å². The maximum absolute atomic E-state index is 11.8. The molecule has 0 saturated carbocycles. The summed E-state index contributed by atoms with van der Waals surface area (Å²) in [4.78, 5) is 11.8. The van der Waals surface area contributed by atoms with Gasteiger partial charge in [-0.3, -0.25) is 0 Å². The van der Waals surface area contributed by atoms with E-state index in [4.69, 9.17) is 9.47 Å². The number of ether oxygens (including phenoxy) is 2. The Balaban J connectivity index is 2.47. The zero-order valence-electron chi connectivity index (χ0n) is 10.7. The average Bonchev–Trinajstić information content (AvgIpc) is 2.34. The van der Waals surface area contributed by atoms with Crippen LogP contribution in [0.3, 0.4) is 0 Å². The Morgan fingerprint density at radius 1 is 1.29 bits per heavy atom. The van der Waals surface area contributed by atoms with Gasteiger partial charge >= 0.3 is 5.97 Å². The Kier molecular flexibility index (Phi) is 5.53. The van der Waals surface area contributed by atoms with Crippen molar-refractivity contribution >= 4 is 5.97 Å². The lowest BCUT2D eigenvalue weighted by molar-refractivity contribution is 0.0491. The van der Waals surface area contributed by atoms with E-state index < -0.39 is 0 Å². The second kappa shape index (κ2) is 6.94. The first-order chi connectivity index (χ1) is 8.15. The number of benzene rings is 1. The van der Waals surface area contributed by atoms with Gasteiger partial charge in [-0.25, -0.2) is 4.79 Å². The lowest BCUT2D eigenvalue weighted by Gasteiger charge is -2.09. The van der Waals surface area contributed by atoms with Gasteiger partial charge in [0.2, 0.25) is 0 Å². The molecule has 17 heavy (non-hydrogen) atoms. The molecule has 1 aromatic rings. The highest BCUT2D eigenvalue weighted by Gasteiger charge is 2.12. The SMILES string of the molecule is COc1ccccc1C(=O)OCCCC(C)C. The molecule has 94 valence electrons. The predicted octanol–water partition coefficient (Wildman–Crippen LogP) is 3.29. The van der Waals surface area contributed by atoms with Crippen LogP contribution in [0.2, 0.25) is 0 Å². The summed E-state index contributed by atoms with van der Waals surface area (Å²) in [7, 11) is 1.55. The van der Waals surface area contributed by atoms with E-state index in [1.807, 2.05) is 6.07 Å². The number of para-hydroxylation sites is 1. The van der Waals surface area contributed by atoms with Crippen molar-refractivity contribution in [2.75, 3.05) is 13.7 Å². The molecule has 0 amide bonds. The molecule has 0 atom stereocenters. The Labute approximate surface area is 103 Å². The van der Waals surface area contributed by atoms with Crippen LogP contribution in [0.25, 0.3) is 0 Å². The van der Waals surface area contributed by atoms with Gasteiger partial charge in [-0.05, 0) is 30.9 Å². The highest BCUT2D eigenvalue weighted by atomic mass is 16.5. The number of hydrogen-bond acceptors (Lipinski definition) is 3. The maximum atomic E-state index is 11.8. The van der Waals surface area contributed by atoms with E-state index in [-0.39, 0.29) is 5.97 Å². The number of hydrogen-bond donors (Lipinski definition) is 0. The van der Waals surface area contributed by atoms with Crippen molar-refractivity contribution in [3.8, 4) is 5.75 Å². The van der Waals surface area contributed by atoms with Gasteiger partial charge in [0.05, 0.1) is 13.7 Å². The molecule has 0 saturated heterocycles. The minimum Gasteiger partial charge on any atom is -0.496 e. The topological polar surface area (TPSA) is 35.5 Å². The van der Waals surface area contributed by atoms with Crippen molar-refractivity contribution in [2.45, 2.75) is 26.7 Å². The smallest absolute Gasteiger partial charge is 0.341 e. The Bertz CT molecular complexity index is 358. The van der Waals surface area contributed by atoms with Gasteiger partial charge in [-0.1, -0.05) is 26.0 Å². The minimum atomic E-state index is -0.314. The molecule has 3 nitrogen and oxygen atoms in total. The van der Waals surface area contributed by atoms with E-state index >= 15 is 0 Å². The first-order valence-electron chi connectivity index (χ1n) is 5.95. The van der Waals surface area contributed by atoms with Crippen molar-refractivity contribution in [1.82, 2.24) is 0 Å². The van der Waals surface area contributed by atoms with Gasteiger partial charge in [-0.15, -0.1) is 0 Å². The van der Waals surface area contributed by atoms with Gasteiger partial charge < -0.3 is 9.47 Å². The van der Waals surface area contributed by atoms with Crippen LogP contribution in [0, 0.1) is 5.92 Å². The van der Waals surface area contributed by atoms with Crippen LogP contribution >= 0.6 is 0 Å². The van der Waals surface area contributed by atoms with Gasteiger partial charge in [-0.2, -0.15) is 0 Å². The third-order valence-electron chi connectivity index (χ3n) is 2.49. The fourth-order valence-corrected chi connectivity index (χ4v) is 1.55. The molecule has 0 N–H and O–H groups in total. The van der Waals surface area contributed by atoms with Crippen LogP contribution in [-0.4, -0.2) is 19.7 Å². The summed E-state index contributed by atoms with van der Waals surface area (Å²) in [6, 6.07) is 7.09. The Hall–Kier alpha value is -1.51. The molecule has 0 fully saturated rings. The fraction of sp³-hybridized carbons (Fsp3) is 0.500. The molecule has 1 rings (SSSR count). The molecule has 3 heteroatoms. The number of rotatable bonds is 6. The molecule has 0 bridgehead atoms. The maximum Gasteiger partial charge on any atom is 0.341 e. The standard InChI is InChI=1S/C14H20O3/c1-11(2)7-6-10-17-14(15)12-8-4-5-9-13(12)16-3/h4-5,8-9,11H,6-7,10H2,1-3H3. The van der Waals surface area contributed by atoms with E-state index in [9.17, 15) is 4.79 Å². The first kappa shape index (κ1) is 13.6. The van der Waals surface area contributed by atoms with Crippen molar-refractivity contribution in [3.63, 3.8) is 0 Å². The third-order valence-corrected chi connectivity index (χ3v) is 2.49. The fourth-order valence-electron chi connectivity index (χ4n) is 1.55. The van der Waals surface area contributed by atoms with E-state index in [0.717, 1.165) is 12.8 Å². The second-order valence-corrected chi connectivity index (χ2v) is 4.37. The molecular formula is C14H20O3. The molecule has 0 radical (unpaired) electrons. The molecule has 0 heterocycles. The van der Waals surface area contributed by atoms with E-state index in [0.29, 0.717) is 23.8 Å². The van der Waals surface area contributed by atoms with Crippen LogP contribution < -0.4 is 4.74 Å². The van der Waals surface area contributed by atoms with Gasteiger partial charge in [0, 0.05) is 0 Å². The van der Waals surface area contributed by atoms with Crippen molar-refractivity contribution in [1.29, 1.82) is 0 Å². The van der Waals surface area contributed by atoms with Crippen LogP contribution in [0.4, 0.5) is 0 Å². The van der Waals surface area contributed by atoms with Crippen molar-refractivity contribution in [2.24, 2.45) is 5.92 Å². The lowest BCUT2D eigenvalue weighted by atomic mass is 10.1. The zero-order valence-corrected chi connectivity index (χ0v) is 10.7. The number of carbonyl (C=O) groups is 1. The zero-order chi connectivity index (χ0) is 12.7. The summed E-state index contributed by atoms with van der Waals surface area (Å²) in [6.07, 6.45) is 1.97. The molecule has 0 spiro atoms. The summed E-state index contributed by atoms with van der Waals surface area (Å²) in [5.74, 6) is 0.882. The van der Waals surface area contributed by atoms with E-state index in [1.54, 1.807) is 25.3 Å². The van der Waals surface area contributed by atoms with Crippen LogP contribution in [-0.2, 0) is 4.74 Å². The highest BCUT2D eigenvalue weighted by Crippen LogP contribution is 2.18. The van der Waals surface area contributed by atoms with Crippen LogP contribution in [0.5, 0.6) is 5.75 Å². The highest BCUT2D eigenvalue weighted by molar-refractivity contribution is 5.92. The van der Waals surface area contributed by atoms with E-state index in [2.05, 4.69) is 13.8 Å². The number of methoxy groups -OCH3 is 1.